The number of allylic oxidation sites excluding steroid dienone is 8. The Morgan fingerprint density at radius 2 is 1.24 bits per heavy atom. The Morgan fingerprint density at radius 3 is 1.82 bits per heavy atom. The van der Waals surface area contributed by atoms with Crippen molar-refractivity contribution in [2.24, 2.45) is 0 Å². The molecule has 1 N–H and O–H groups in total. The Labute approximate surface area is 202 Å². The van der Waals surface area contributed by atoms with Gasteiger partial charge < -0.3 is 9.84 Å². The molecule has 4 nitrogen and oxygen atoms in total. The van der Waals surface area contributed by atoms with Crippen molar-refractivity contribution in [3.63, 3.8) is 0 Å². The second kappa shape index (κ2) is 24.5. The molecular formula is C29H48O4. The first-order chi connectivity index (χ1) is 16.1. The number of hydrogen-bond acceptors (Lipinski definition) is 3. The lowest BCUT2D eigenvalue weighted by Gasteiger charge is -2.15. The summed E-state index contributed by atoms with van der Waals surface area (Å²) in [5, 5.41) is 8.69. The predicted octanol–water partition coefficient (Wildman–Crippen LogP) is 8.49. The number of aliphatic carboxylic acids is 1. The number of unbranched alkanes of at least 4 members (excludes halogenated alkanes) is 6. The maximum absolute atomic E-state index is 11.9. The first kappa shape index (κ1) is 30.9. The molecule has 0 bridgehead atoms. The molecule has 1 unspecified atom stereocenters. The number of ether oxygens (including phenoxy) is 1. The van der Waals surface area contributed by atoms with E-state index in [1.54, 1.807) is 0 Å². The van der Waals surface area contributed by atoms with Gasteiger partial charge in [0.15, 0.2) is 0 Å². The molecule has 0 spiro atoms. The van der Waals surface area contributed by atoms with Gasteiger partial charge in [-0.05, 0) is 64.2 Å². The molecule has 0 aromatic rings. The van der Waals surface area contributed by atoms with Gasteiger partial charge in [0.2, 0.25) is 0 Å². The van der Waals surface area contributed by atoms with E-state index < -0.39 is 5.97 Å². The average Bonchev–Trinajstić information content (AvgIpc) is 2.79. The van der Waals surface area contributed by atoms with E-state index in [9.17, 15) is 9.59 Å². The molecule has 0 aliphatic rings. The van der Waals surface area contributed by atoms with E-state index in [4.69, 9.17) is 9.84 Å². The van der Waals surface area contributed by atoms with E-state index in [0.717, 1.165) is 57.8 Å². The zero-order chi connectivity index (χ0) is 24.4. The van der Waals surface area contributed by atoms with Gasteiger partial charge in [-0.15, -0.1) is 0 Å². The third kappa shape index (κ3) is 24.4. The van der Waals surface area contributed by atoms with E-state index in [-0.39, 0.29) is 18.5 Å². The predicted molar refractivity (Wildman–Crippen MR) is 139 cm³/mol. The standard InChI is InChI=1S/C29H48O4/c1-3-5-6-7-8-9-10-11-12-13-14-15-16-17-18-19-20-21-22-26-29(32)33-27(4-2)24-23-25-28(30)31/h5-6,8-9,11-12,14-15,27H,3-4,7,10,13,16-26H2,1-2H3,(H,30,31)/b6-5-,9-8-,12-11-,15-14-. The van der Waals surface area contributed by atoms with Crippen LogP contribution in [0.25, 0.3) is 0 Å². The Kier molecular flexibility index (Phi) is 23.0. The Balaban J connectivity index is 3.52. The maximum Gasteiger partial charge on any atom is 0.306 e. The normalized spacial score (nSPS) is 13.0. The quantitative estimate of drug-likeness (QED) is 0.0999. The molecule has 0 heterocycles. The first-order valence-electron chi connectivity index (χ1n) is 13.1. The van der Waals surface area contributed by atoms with Crippen LogP contribution in [0.1, 0.15) is 117 Å². The van der Waals surface area contributed by atoms with E-state index in [1.165, 1.54) is 19.3 Å². The number of esters is 1. The number of hydrogen-bond donors (Lipinski definition) is 1. The summed E-state index contributed by atoms with van der Waals surface area (Å²) in [7, 11) is 0. The SMILES string of the molecule is CC/C=C\C/C=C\C/C=C\C/C=C\CCCCCCCCC(=O)OC(CC)CCCC(=O)O. The topological polar surface area (TPSA) is 63.6 Å². The number of carbonyl (C=O) groups is 2. The highest BCUT2D eigenvalue weighted by atomic mass is 16.5. The second-order valence-corrected chi connectivity index (χ2v) is 8.47. The van der Waals surface area contributed by atoms with Crippen molar-refractivity contribution < 1.29 is 19.4 Å². The van der Waals surface area contributed by atoms with Crippen LogP contribution in [0.2, 0.25) is 0 Å². The van der Waals surface area contributed by atoms with E-state index in [0.29, 0.717) is 19.3 Å². The maximum atomic E-state index is 11.9. The Bertz CT molecular complexity index is 586. The van der Waals surface area contributed by atoms with Crippen molar-refractivity contribution in [3.05, 3.63) is 48.6 Å². The van der Waals surface area contributed by atoms with Crippen LogP contribution in [-0.4, -0.2) is 23.1 Å². The number of rotatable bonds is 22. The molecule has 0 amide bonds. The van der Waals surface area contributed by atoms with Crippen LogP contribution in [0.4, 0.5) is 0 Å². The summed E-state index contributed by atoms with van der Waals surface area (Å²) >= 11 is 0. The molecule has 0 saturated heterocycles. The molecule has 0 rings (SSSR count). The van der Waals surface area contributed by atoms with Crippen LogP contribution in [-0.2, 0) is 14.3 Å². The fourth-order valence-electron chi connectivity index (χ4n) is 3.41. The van der Waals surface area contributed by atoms with Crippen LogP contribution < -0.4 is 0 Å². The molecule has 33 heavy (non-hydrogen) atoms. The summed E-state index contributed by atoms with van der Waals surface area (Å²) in [5.74, 6) is -0.939. The minimum atomic E-state index is -0.797. The summed E-state index contributed by atoms with van der Waals surface area (Å²) in [6.45, 7) is 4.12. The molecule has 0 aliphatic heterocycles. The molecule has 4 heteroatoms. The van der Waals surface area contributed by atoms with Crippen molar-refractivity contribution in [2.75, 3.05) is 0 Å². The summed E-state index contributed by atoms with van der Waals surface area (Å²) in [6.07, 6.45) is 32.3. The average molecular weight is 461 g/mol. The zero-order valence-corrected chi connectivity index (χ0v) is 21.2. The molecule has 1 atom stereocenters. The molecule has 0 radical (unpaired) electrons. The lowest BCUT2D eigenvalue weighted by molar-refractivity contribution is -0.149. The largest absolute Gasteiger partial charge is 0.481 e. The first-order valence-corrected chi connectivity index (χ1v) is 13.1. The van der Waals surface area contributed by atoms with Gasteiger partial charge in [0, 0.05) is 12.8 Å². The van der Waals surface area contributed by atoms with Gasteiger partial charge in [0.25, 0.3) is 0 Å². The lowest BCUT2D eigenvalue weighted by atomic mass is 10.1. The molecule has 188 valence electrons. The number of carboxylic acids is 1. The van der Waals surface area contributed by atoms with Gasteiger partial charge in [-0.3, -0.25) is 9.59 Å². The van der Waals surface area contributed by atoms with Crippen molar-refractivity contribution in [3.8, 4) is 0 Å². The second-order valence-electron chi connectivity index (χ2n) is 8.47. The third-order valence-electron chi connectivity index (χ3n) is 5.39. The smallest absolute Gasteiger partial charge is 0.306 e. The molecule has 0 aliphatic carbocycles. The van der Waals surface area contributed by atoms with Crippen molar-refractivity contribution in [1.82, 2.24) is 0 Å². The van der Waals surface area contributed by atoms with Gasteiger partial charge in [-0.1, -0.05) is 88.1 Å². The monoisotopic (exact) mass is 460 g/mol. The molecule has 0 fully saturated rings. The molecule has 0 aromatic heterocycles. The third-order valence-corrected chi connectivity index (χ3v) is 5.39. The summed E-state index contributed by atoms with van der Waals surface area (Å²) < 4.78 is 5.47. The van der Waals surface area contributed by atoms with E-state index >= 15 is 0 Å². The van der Waals surface area contributed by atoms with Crippen LogP contribution in [0.3, 0.4) is 0 Å². The van der Waals surface area contributed by atoms with Crippen LogP contribution >= 0.6 is 0 Å². The number of carbonyl (C=O) groups excluding carboxylic acids is 1. The van der Waals surface area contributed by atoms with Crippen molar-refractivity contribution >= 4 is 11.9 Å². The minimum Gasteiger partial charge on any atom is -0.481 e. The van der Waals surface area contributed by atoms with Crippen LogP contribution in [0.15, 0.2) is 48.6 Å². The highest BCUT2D eigenvalue weighted by molar-refractivity contribution is 5.69. The number of carboxylic acid groups (broad SMARTS) is 1. The minimum absolute atomic E-state index is 0.135. The van der Waals surface area contributed by atoms with Crippen LogP contribution in [0, 0.1) is 0 Å². The molecule has 0 aromatic carbocycles. The fourth-order valence-corrected chi connectivity index (χ4v) is 3.41. The Hall–Kier alpha value is -2.10. The van der Waals surface area contributed by atoms with Gasteiger partial charge in [0.05, 0.1) is 0 Å². The highest BCUT2D eigenvalue weighted by Crippen LogP contribution is 2.13. The van der Waals surface area contributed by atoms with Gasteiger partial charge >= 0.3 is 11.9 Å². The highest BCUT2D eigenvalue weighted by Gasteiger charge is 2.12. The van der Waals surface area contributed by atoms with Gasteiger partial charge in [-0.2, -0.15) is 0 Å². The van der Waals surface area contributed by atoms with Gasteiger partial charge in [-0.25, -0.2) is 0 Å². The Morgan fingerprint density at radius 1 is 0.697 bits per heavy atom. The van der Waals surface area contributed by atoms with Crippen LogP contribution in [0.5, 0.6) is 0 Å². The van der Waals surface area contributed by atoms with E-state index in [1.807, 2.05) is 6.92 Å². The summed E-state index contributed by atoms with van der Waals surface area (Å²) in [4.78, 5) is 22.5. The fraction of sp³-hybridized carbons (Fsp3) is 0.655. The van der Waals surface area contributed by atoms with Crippen molar-refractivity contribution in [2.45, 2.75) is 123 Å². The zero-order valence-electron chi connectivity index (χ0n) is 21.2. The summed E-state index contributed by atoms with van der Waals surface area (Å²) in [6, 6.07) is 0. The lowest BCUT2D eigenvalue weighted by Crippen LogP contribution is -2.17. The van der Waals surface area contributed by atoms with Gasteiger partial charge in [0.1, 0.15) is 6.10 Å². The summed E-state index contributed by atoms with van der Waals surface area (Å²) in [5.41, 5.74) is 0. The van der Waals surface area contributed by atoms with Crippen molar-refractivity contribution in [1.29, 1.82) is 0 Å². The molecule has 0 saturated carbocycles. The van der Waals surface area contributed by atoms with E-state index in [2.05, 4.69) is 55.5 Å². The molecular weight excluding hydrogens is 412 g/mol.